The lowest BCUT2D eigenvalue weighted by atomic mass is 9.96. The monoisotopic (exact) mass is 463 g/mol. The Hall–Kier alpha value is -3.08. The second kappa shape index (κ2) is 9.19. The summed E-state index contributed by atoms with van der Waals surface area (Å²) in [5.41, 5.74) is 1.19. The summed E-state index contributed by atoms with van der Waals surface area (Å²) in [6.07, 6.45) is 0.928. The molecular formula is C21H29N5O5S. The van der Waals surface area contributed by atoms with Gasteiger partial charge in [-0.2, -0.15) is 4.98 Å². The fourth-order valence-corrected chi connectivity index (χ4v) is 3.85. The quantitative estimate of drug-likeness (QED) is 0.376. The van der Waals surface area contributed by atoms with Crippen molar-refractivity contribution in [2.75, 3.05) is 31.8 Å². The lowest BCUT2D eigenvalue weighted by Crippen LogP contribution is -2.31. The molecule has 1 aromatic carbocycles. The number of aryl methyl sites for hydroxylation is 1. The van der Waals surface area contributed by atoms with Crippen LogP contribution in [-0.4, -0.2) is 56.1 Å². The van der Waals surface area contributed by atoms with Crippen LogP contribution in [0.25, 0.3) is 0 Å². The number of anilines is 1. The van der Waals surface area contributed by atoms with Crippen molar-refractivity contribution < 1.29 is 18.1 Å². The minimum atomic E-state index is -3.83. The molecule has 0 saturated heterocycles. The van der Waals surface area contributed by atoms with Gasteiger partial charge in [0.15, 0.2) is 0 Å². The van der Waals surface area contributed by atoms with Crippen molar-refractivity contribution in [3.05, 3.63) is 50.7 Å². The van der Waals surface area contributed by atoms with Crippen molar-refractivity contribution in [2.24, 2.45) is 5.41 Å². The van der Waals surface area contributed by atoms with Crippen LogP contribution in [0, 0.1) is 22.5 Å². The highest BCUT2D eigenvalue weighted by Crippen LogP contribution is 2.33. The van der Waals surface area contributed by atoms with Gasteiger partial charge in [0.05, 0.1) is 4.92 Å². The molecule has 174 valence electrons. The first-order valence-electron chi connectivity index (χ1n) is 9.92. The molecule has 32 heavy (non-hydrogen) atoms. The number of hydrogen-bond donors (Lipinski definition) is 1. The highest BCUT2D eigenvalue weighted by molar-refractivity contribution is 7.90. The summed E-state index contributed by atoms with van der Waals surface area (Å²) >= 11 is 0. The van der Waals surface area contributed by atoms with Crippen LogP contribution >= 0.6 is 0 Å². The molecule has 0 unspecified atom stereocenters. The number of nitro groups is 1. The van der Waals surface area contributed by atoms with E-state index in [2.05, 4.69) is 15.3 Å². The summed E-state index contributed by atoms with van der Waals surface area (Å²) in [5.74, 6) is -0.360. The molecule has 0 aliphatic heterocycles. The smallest absolute Gasteiger partial charge is 0.333 e. The third kappa shape index (κ3) is 6.00. The maximum Gasteiger partial charge on any atom is 0.333 e. The van der Waals surface area contributed by atoms with Gasteiger partial charge in [-0.25, -0.2) is 13.4 Å². The first-order chi connectivity index (χ1) is 14.6. The predicted octanol–water partition coefficient (Wildman–Crippen LogP) is 2.53. The number of nitrogens with zero attached hydrogens (tertiary/aromatic N) is 4. The molecule has 1 heterocycles. The lowest BCUT2D eigenvalue weighted by molar-refractivity contribution is -0.385. The largest absolute Gasteiger partial charge is 0.355 e. The third-order valence-electron chi connectivity index (χ3n) is 4.70. The average Bonchev–Trinajstić information content (AvgIpc) is 2.66. The van der Waals surface area contributed by atoms with E-state index in [0.29, 0.717) is 17.7 Å². The first kappa shape index (κ1) is 25.2. The molecule has 0 aliphatic carbocycles. The number of amides is 1. The molecule has 10 nitrogen and oxygen atoms in total. The van der Waals surface area contributed by atoms with Crippen LogP contribution in [0.5, 0.6) is 0 Å². The van der Waals surface area contributed by atoms with E-state index < -0.39 is 19.9 Å². The molecule has 0 atom stereocenters. The number of aromatic nitrogens is 2. The van der Waals surface area contributed by atoms with Crippen LogP contribution in [0.1, 0.15) is 48.0 Å². The van der Waals surface area contributed by atoms with Crippen molar-refractivity contribution in [3.63, 3.8) is 0 Å². The summed E-state index contributed by atoms with van der Waals surface area (Å²) < 4.78 is 24.5. The molecule has 0 bridgehead atoms. The maximum atomic E-state index is 12.3. The van der Waals surface area contributed by atoms with Crippen LogP contribution < -0.4 is 10.2 Å². The van der Waals surface area contributed by atoms with Crippen LogP contribution in [0.4, 0.5) is 11.5 Å². The average molecular weight is 464 g/mol. The molecule has 0 radical (unpaired) electrons. The Balaban J connectivity index is 2.75. The molecule has 2 aromatic rings. The van der Waals surface area contributed by atoms with Gasteiger partial charge < -0.3 is 10.2 Å². The zero-order valence-corrected chi connectivity index (χ0v) is 20.2. The number of hydrogen-bond acceptors (Lipinski definition) is 8. The Kier molecular flexibility index (Phi) is 7.23. The highest BCUT2D eigenvalue weighted by atomic mass is 32.2. The summed E-state index contributed by atoms with van der Waals surface area (Å²) in [6, 6.07) is 5.01. The highest BCUT2D eigenvalue weighted by Gasteiger charge is 2.31. The second-order valence-electron chi connectivity index (χ2n) is 8.97. The fraction of sp³-hybridized carbons (Fsp3) is 0.476. The van der Waals surface area contributed by atoms with Crippen molar-refractivity contribution in [3.8, 4) is 0 Å². The SMILES string of the molecule is CNC(=O)c1ccc(C)c(Cc2nc(S(C)(=O)=O)nc(N(C)CC(C)(C)C)c2[N+](=O)[O-])c1. The van der Waals surface area contributed by atoms with Gasteiger partial charge in [0.1, 0.15) is 5.69 Å². The number of benzene rings is 1. The third-order valence-corrected chi connectivity index (χ3v) is 5.55. The van der Waals surface area contributed by atoms with Crippen molar-refractivity contribution in [2.45, 2.75) is 39.3 Å². The Labute approximate surface area is 188 Å². The number of carbonyl (C=O) groups is 1. The van der Waals surface area contributed by atoms with Crippen LogP contribution in [0.15, 0.2) is 23.4 Å². The molecule has 0 aliphatic rings. The van der Waals surface area contributed by atoms with Gasteiger partial charge in [0.25, 0.3) is 5.91 Å². The predicted molar refractivity (Wildman–Crippen MR) is 122 cm³/mol. The summed E-state index contributed by atoms with van der Waals surface area (Å²) in [6.45, 7) is 8.09. The van der Waals surface area contributed by atoms with E-state index in [9.17, 15) is 23.3 Å². The molecule has 1 aromatic heterocycles. The fourth-order valence-electron chi connectivity index (χ4n) is 3.32. The minimum absolute atomic E-state index is 0.0293. The van der Waals surface area contributed by atoms with Gasteiger partial charge in [0.2, 0.25) is 20.8 Å². The van der Waals surface area contributed by atoms with Gasteiger partial charge in [-0.3, -0.25) is 14.9 Å². The molecule has 2 rings (SSSR count). The molecule has 0 fully saturated rings. The summed E-state index contributed by atoms with van der Waals surface area (Å²) in [7, 11) is -0.691. The van der Waals surface area contributed by atoms with Crippen LogP contribution in [-0.2, 0) is 16.3 Å². The van der Waals surface area contributed by atoms with E-state index in [1.54, 1.807) is 37.1 Å². The topological polar surface area (TPSA) is 135 Å². The van der Waals surface area contributed by atoms with E-state index in [-0.39, 0.29) is 34.9 Å². The Morgan fingerprint density at radius 1 is 1.25 bits per heavy atom. The van der Waals surface area contributed by atoms with Gasteiger partial charge >= 0.3 is 5.69 Å². The molecule has 1 N–H and O–H groups in total. The molecule has 1 amide bonds. The van der Waals surface area contributed by atoms with Gasteiger partial charge in [-0.15, -0.1) is 0 Å². The normalized spacial score (nSPS) is 11.8. The maximum absolute atomic E-state index is 12.3. The van der Waals surface area contributed by atoms with Crippen LogP contribution in [0.2, 0.25) is 0 Å². The lowest BCUT2D eigenvalue weighted by Gasteiger charge is -2.27. The summed E-state index contributed by atoms with van der Waals surface area (Å²) in [4.78, 5) is 33.2. The Bertz CT molecular complexity index is 1160. The van der Waals surface area contributed by atoms with Gasteiger partial charge in [0, 0.05) is 38.9 Å². The Morgan fingerprint density at radius 3 is 2.38 bits per heavy atom. The molecular weight excluding hydrogens is 434 g/mol. The van der Waals surface area contributed by atoms with Crippen molar-refractivity contribution in [1.29, 1.82) is 0 Å². The molecule has 11 heteroatoms. The van der Waals surface area contributed by atoms with Crippen LogP contribution in [0.3, 0.4) is 0 Å². The number of sulfone groups is 1. The number of rotatable bonds is 7. The van der Waals surface area contributed by atoms with Gasteiger partial charge in [-0.1, -0.05) is 26.8 Å². The Morgan fingerprint density at radius 2 is 1.88 bits per heavy atom. The minimum Gasteiger partial charge on any atom is -0.355 e. The second-order valence-corrected chi connectivity index (χ2v) is 10.9. The summed E-state index contributed by atoms with van der Waals surface area (Å²) in [5, 5.41) is 14.1. The molecule has 0 spiro atoms. The van der Waals surface area contributed by atoms with E-state index >= 15 is 0 Å². The number of nitrogens with one attached hydrogen (secondary N) is 1. The zero-order chi connectivity index (χ0) is 24.4. The zero-order valence-electron chi connectivity index (χ0n) is 19.4. The van der Waals surface area contributed by atoms with Crippen molar-refractivity contribution >= 4 is 27.2 Å². The van der Waals surface area contributed by atoms with E-state index in [0.717, 1.165) is 11.8 Å². The first-order valence-corrected chi connectivity index (χ1v) is 11.8. The van der Waals surface area contributed by atoms with E-state index in [4.69, 9.17) is 0 Å². The van der Waals surface area contributed by atoms with E-state index in [1.165, 1.54) is 7.05 Å². The van der Waals surface area contributed by atoms with E-state index in [1.807, 2.05) is 20.8 Å². The molecule has 0 saturated carbocycles. The number of carbonyl (C=O) groups excluding carboxylic acids is 1. The standard InChI is InChI=1S/C21H29N5O5S/c1-13-8-9-14(19(27)22-5)10-15(13)11-16-17(26(28)29)18(25(6)12-21(2,3)4)24-20(23-16)32(7,30)31/h8-10H,11-12H2,1-7H3,(H,22,27). The van der Waals surface area contributed by atoms with Crippen molar-refractivity contribution in [1.82, 2.24) is 15.3 Å². The van der Waals surface area contributed by atoms with Gasteiger partial charge in [-0.05, 0) is 35.6 Å².